The van der Waals surface area contributed by atoms with Crippen molar-refractivity contribution in [3.05, 3.63) is 12.2 Å². The summed E-state index contributed by atoms with van der Waals surface area (Å²) in [7, 11) is 0. The molecule has 0 heterocycles. The molecule has 2 spiro atoms. The van der Waals surface area contributed by atoms with Gasteiger partial charge in [-0.1, -0.05) is 40.7 Å². The zero-order valence-electron chi connectivity index (χ0n) is 19.3. The summed E-state index contributed by atoms with van der Waals surface area (Å²) in [6, 6.07) is 0. The highest BCUT2D eigenvalue weighted by molar-refractivity contribution is 5.64. The van der Waals surface area contributed by atoms with Crippen molar-refractivity contribution in [3.8, 4) is 0 Å². The van der Waals surface area contributed by atoms with Crippen molar-refractivity contribution in [2.45, 2.75) is 98.5 Å². The number of allylic oxidation sites excluding steroid dienone is 2. The lowest BCUT2D eigenvalue weighted by molar-refractivity contribution is -0.160. The summed E-state index contributed by atoms with van der Waals surface area (Å²) in [6.45, 7) is 12.3. The second-order valence-corrected chi connectivity index (χ2v) is 12.9. The SMILES string of the molecule is C[C@H](/C=C/C=O)[C@H]1CC[C@@]2(C)[C@@H]3CC[C@H]4C(C)(C)[C@@H](O)CC[C@@]45C[C@@]35CC[C@]12C. The number of aliphatic hydroxyl groups excluding tert-OH is 1. The molecule has 0 aromatic carbocycles. The van der Waals surface area contributed by atoms with Gasteiger partial charge in [-0.15, -0.1) is 0 Å². The van der Waals surface area contributed by atoms with Crippen LogP contribution in [-0.2, 0) is 4.79 Å². The van der Waals surface area contributed by atoms with Gasteiger partial charge < -0.3 is 5.11 Å². The molecule has 0 aliphatic heterocycles. The molecule has 0 amide bonds. The molecule has 162 valence electrons. The fourth-order valence-electron chi connectivity index (χ4n) is 10.6. The van der Waals surface area contributed by atoms with E-state index in [2.05, 4.69) is 40.7 Å². The molecule has 5 saturated carbocycles. The van der Waals surface area contributed by atoms with Gasteiger partial charge in [0.25, 0.3) is 0 Å². The van der Waals surface area contributed by atoms with E-state index in [1.165, 1.54) is 51.4 Å². The number of carbonyl (C=O) groups is 1. The minimum absolute atomic E-state index is 0.0841. The lowest BCUT2D eigenvalue weighted by atomic mass is 9.42. The van der Waals surface area contributed by atoms with Gasteiger partial charge in [-0.25, -0.2) is 0 Å². The third kappa shape index (κ3) is 2.21. The van der Waals surface area contributed by atoms with Gasteiger partial charge in [0.2, 0.25) is 0 Å². The highest BCUT2D eigenvalue weighted by atomic mass is 16.3. The normalized spacial score (nSPS) is 56.1. The predicted molar refractivity (Wildman–Crippen MR) is 117 cm³/mol. The highest BCUT2D eigenvalue weighted by Gasteiger charge is 2.82. The molecule has 0 aromatic rings. The molecule has 1 N–H and O–H groups in total. The summed E-state index contributed by atoms with van der Waals surface area (Å²) >= 11 is 0. The highest BCUT2D eigenvalue weighted by Crippen LogP contribution is 2.89. The zero-order chi connectivity index (χ0) is 20.9. The van der Waals surface area contributed by atoms with Crippen molar-refractivity contribution in [1.82, 2.24) is 0 Å². The van der Waals surface area contributed by atoms with Crippen LogP contribution in [0.2, 0.25) is 0 Å². The maximum atomic E-state index is 10.9. The second-order valence-electron chi connectivity index (χ2n) is 12.9. The van der Waals surface area contributed by atoms with Crippen LogP contribution in [0.15, 0.2) is 12.2 Å². The molecule has 2 nitrogen and oxygen atoms in total. The van der Waals surface area contributed by atoms with Crippen LogP contribution in [0.1, 0.15) is 92.4 Å². The third-order valence-electron chi connectivity index (χ3n) is 12.3. The molecule has 5 aliphatic rings. The molecule has 5 fully saturated rings. The van der Waals surface area contributed by atoms with E-state index in [9.17, 15) is 9.90 Å². The van der Waals surface area contributed by atoms with E-state index >= 15 is 0 Å². The van der Waals surface area contributed by atoms with E-state index in [-0.39, 0.29) is 11.5 Å². The van der Waals surface area contributed by atoms with Crippen LogP contribution in [0.3, 0.4) is 0 Å². The molecule has 2 heteroatoms. The van der Waals surface area contributed by atoms with E-state index in [1.54, 1.807) is 6.08 Å². The summed E-state index contributed by atoms with van der Waals surface area (Å²) in [4.78, 5) is 10.9. The van der Waals surface area contributed by atoms with E-state index in [4.69, 9.17) is 0 Å². The topological polar surface area (TPSA) is 37.3 Å². The lowest BCUT2D eigenvalue weighted by Gasteiger charge is -2.63. The van der Waals surface area contributed by atoms with Crippen LogP contribution < -0.4 is 0 Å². The van der Waals surface area contributed by atoms with Crippen molar-refractivity contribution in [2.24, 2.45) is 50.7 Å². The minimum atomic E-state index is -0.113. The molecule has 0 unspecified atom stereocenters. The Morgan fingerprint density at radius 3 is 2.28 bits per heavy atom. The number of aldehydes is 1. The molecule has 5 aliphatic carbocycles. The van der Waals surface area contributed by atoms with Crippen LogP contribution in [0.4, 0.5) is 0 Å². The molecular weight excluding hydrogens is 356 g/mol. The number of aliphatic hydroxyl groups is 1. The van der Waals surface area contributed by atoms with Crippen molar-refractivity contribution in [3.63, 3.8) is 0 Å². The van der Waals surface area contributed by atoms with Crippen LogP contribution in [0.25, 0.3) is 0 Å². The largest absolute Gasteiger partial charge is 0.393 e. The molecule has 29 heavy (non-hydrogen) atoms. The quantitative estimate of drug-likeness (QED) is 0.455. The van der Waals surface area contributed by atoms with Crippen LogP contribution >= 0.6 is 0 Å². The average Bonchev–Trinajstić information content (AvgIpc) is 3.26. The molecule has 0 radical (unpaired) electrons. The molecule has 9 atom stereocenters. The van der Waals surface area contributed by atoms with Gasteiger partial charge in [0.15, 0.2) is 0 Å². The Hall–Kier alpha value is -0.630. The number of carbonyl (C=O) groups excluding carboxylic acids is 1. The summed E-state index contributed by atoms with van der Waals surface area (Å²) in [6.07, 6.45) is 16.6. The Morgan fingerprint density at radius 1 is 0.862 bits per heavy atom. The van der Waals surface area contributed by atoms with E-state index in [0.717, 1.165) is 24.5 Å². The van der Waals surface area contributed by atoms with E-state index in [1.807, 2.05) is 0 Å². The summed E-state index contributed by atoms with van der Waals surface area (Å²) in [5.74, 6) is 2.78. The number of rotatable bonds is 3. The van der Waals surface area contributed by atoms with Gasteiger partial charge in [-0.3, -0.25) is 4.79 Å². The fraction of sp³-hybridized carbons (Fsp3) is 0.889. The average molecular weight is 399 g/mol. The Balaban J connectivity index is 1.48. The van der Waals surface area contributed by atoms with Gasteiger partial charge in [0, 0.05) is 0 Å². The molecule has 0 bridgehead atoms. The Bertz CT molecular complexity index is 739. The summed E-state index contributed by atoms with van der Waals surface area (Å²) < 4.78 is 0. The molecule has 0 saturated heterocycles. The van der Waals surface area contributed by atoms with Crippen LogP contribution in [0, 0.1) is 50.7 Å². The Morgan fingerprint density at radius 2 is 1.55 bits per heavy atom. The lowest BCUT2D eigenvalue weighted by Crippen LogP contribution is -2.57. The first-order valence-electron chi connectivity index (χ1n) is 12.4. The van der Waals surface area contributed by atoms with Gasteiger partial charge in [0.1, 0.15) is 6.29 Å². The van der Waals surface area contributed by atoms with Crippen molar-refractivity contribution >= 4 is 6.29 Å². The maximum Gasteiger partial charge on any atom is 0.142 e. The van der Waals surface area contributed by atoms with E-state index < -0.39 is 0 Å². The number of hydrogen-bond donors (Lipinski definition) is 1. The van der Waals surface area contributed by atoms with Crippen LogP contribution in [0.5, 0.6) is 0 Å². The minimum Gasteiger partial charge on any atom is -0.393 e. The number of hydrogen-bond acceptors (Lipinski definition) is 2. The first kappa shape index (κ1) is 20.3. The third-order valence-corrected chi connectivity index (χ3v) is 12.3. The smallest absolute Gasteiger partial charge is 0.142 e. The zero-order valence-corrected chi connectivity index (χ0v) is 19.3. The second kappa shape index (κ2) is 5.99. The molecular formula is C27H42O2. The monoisotopic (exact) mass is 398 g/mol. The van der Waals surface area contributed by atoms with Gasteiger partial charge in [0.05, 0.1) is 6.10 Å². The van der Waals surface area contributed by atoms with Crippen LogP contribution in [-0.4, -0.2) is 17.5 Å². The first-order chi connectivity index (χ1) is 13.6. The van der Waals surface area contributed by atoms with Crippen molar-refractivity contribution < 1.29 is 9.90 Å². The molecule has 5 rings (SSSR count). The first-order valence-corrected chi connectivity index (χ1v) is 12.4. The maximum absolute atomic E-state index is 10.9. The van der Waals surface area contributed by atoms with Crippen molar-refractivity contribution in [2.75, 3.05) is 0 Å². The number of fused-ring (bicyclic) bond motifs is 2. The fourth-order valence-corrected chi connectivity index (χ4v) is 10.6. The summed E-state index contributed by atoms with van der Waals surface area (Å²) in [5.41, 5.74) is 2.02. The molecule has 0 aromatic heterocycles. The standard InChI is InChI=1S/C27H42O2/c1-18(7-6-16-28)19-10-12-25(5)21-9-8-20-23(2,3)22(29)11-13-26(20)17-27(21,26)15-14-24(19,25)4/h6-7,16,18-22,29H,8-15,17H2,1-5H3/b7-6+/t18-,19-,20+,21+,22+,24-,25+,26-,27+/m1/s1. The van der Waals surface area contributed by atoms with Gasteiger partial charge in [-0.05, 0) is 115 Å². The van der Waals surface area contributed by atoms with Crippen molar-refractivity contribution in [1.29, 1.82) is 0 Å². The summed E-state index contributed by atoms with van der Waals surface area (Å²) in [5, 5.41) is 10.8. The van der Waals surface area contributed by atoms with Gasteiger partial charge >= 0.3 is 0 Å². The Labute approximate surface area is 177 Å². The predicted octanol–water partition coefficient (Wildman–Crippen LogP) is 6.18. The van der Waals surface area contributed by atoms with E-state index in [0.29, 0.717) is 33.5 Å². The Kier molecular flexibility index (Phi) is 4.19. The van der Waals surface area contributed by atoms with Gasteiger partial charge in [-0.2, -0.15) is 0 Å².